The Kier molecular flexibility index (Phi) is 3.98. The molecule has 5 heteroatoms. The Bertz CT molecular complexity index is 713. The fraction of sp³-hybridized carbons (Fsp3) is 0.176. The van der Waals surface area contributed by atoms with Crippen molar-refractivity contribution in [2.45, 2.75) is 18.6 Å². The van der Waals surface area contributed by atoms with Crippen LogP contribution in [0, 0.1) is 5.82 Å². The van der Waals surface area contributed by atoms with E-state index in [-0.39, 0.29) is 12.4 Å². The van der Waals surface area contributed by atoms with Crippen LogP contribution in [0.1, 0.15) is 11.1 Å². The molecule has 0 radical (unpaired) electrons. The van der Waals surface area contributed by atoms with Crippen LogP contribution in [-0.4, -0.2) is 19.9 Å². The standard InChI is InChI=1S/C17H16FN3O/c18-16-8-6-14(7-9-16)10-17(22,11-21-13-19-12-20-21)15-4-2-1-3-5-15/h1-9,12-13,22H,10-11H2. The monoisotopic (exact) mass is 297 g/mol. The summed E-state index contributed by atoms with van der Waals surface area (Å²) in [5.41, 5.74) is 0.495. The Hall–Kier alpha value is -2.53. The van der Waals surface area contributed by atoms with Gasteiger partial charge in [0.1, 0.15) is 24.1 Å². The van der Waals surface area contributed by atoms with Crippen molar-refractivity contribution in [1.82, 2.24) is 14.8 Å². The highest BCUT2D eigenvalue weighted by atomic mass is 19.1. The minimum Gasteiger partial charge on any atom is -0.383 e. The second kappa shape index (κ2) is 6.07. The van der Waals surface area contributed by atoms with Crippen molar-refractivity contribution in [2.24, 2.45) is 0 Å². The molecule has 0 spiro atoms. The predicted molar refractivity (Wildman–Crippen MR) is 80.5 cm³/mol. The van der Waals surface area contributed by atoms with E-state index < -0.39 is 5.60 Å². The van der Waals surface area contributed by atoms with Crippen LogP contribution >= 0.6 is 0 Å². The molecular weight excluding hydrogens is 281 g/mol. The first-order chi connectivity index (χ1) is 10.7. The molecule has 1 N–H and O–H groups in total. The Morgan fingerprint density at radius 3 is 2.41 bits per heavy atom. The van der Waals surface area contributed by atoms with E-state index in [1.54, 1.807) is 23.1 Å². The van der Waals surface area contributed by atoms with Gasteiger partial charge in [-0.05, 0) is 23.3 Å². The van der Waals surface area contributed by atoms with E-state index in [9.17, 15) is 9.50 Å². The van der Waals surface area contributed by atoms with Gasteiger partial charge in [-0.25, -0.2) is 14.1 Å². The van der Waals surface area contributed by atoms with Gasteiger partial charge in [-0.3, -0.25) is 0 Å². The first-order valence-electron chi connectivity index (χ1n) is 7.00. The lowest BCUT2D eigenvalue weighted by molar-refractivity contribution is 0.0150. The largest absolute Gasteiger partial charge is 0.383 e. The summed E-state index contributed by atoms with van der Waals surface area (Å²) in [4.78, 5) is 3.91. The molecule has 3 aromatic rings. The number of hydrogen-bond acceptors (Lipinski definition) is 3. The van der Waals surface area contributed by atoms with Gasteiger partial charge in [-0.2, -0.15) is 5.10 Å². The molecule has 2 aromatic carbocycles. The number of aliphatic hydroxyl groups is 1. The van der Waals surface area contributed by atoms with Crippen LogP contribution in [0.5, 0.6) is 0 Å². The van der Waals surface area contributed by atoms with E-state index in [2.05, 4.69) is 10.1 Å². The van der Waals surface area contributed by atoms with Gasteiger partial charge < -0.3 is 5.11 Å². The van der Waals surface area contributed by atoms with Gasteiger partial charge in [0.2, 0.25) is 0 Å². The van der Waals surface area contributed by atoms with Crippen molar-refractivity contribution in [3.63, 3.8) is 0 Å². The summed E-state index contributed by atoms with van der Waals surface area (Å²) in [6, 6.07) is 15.6. The van der Waals surface area contributed by atoms with Gasteiger partial charge in [0.25, 0.3) is 0 Å². The Morgan fingerprint density at radius 1 is 1.05 bits per heavy atom. The molecule has 1 aromatic heterocycles. The lowest BCUT2D eigenvalue weighted by Gasteiger charge is -2.28. The molecule has 1 atom stereocenters. The Balaban J connectivity index is 1.93. The first-order valence-corrected chi connectivity index (χ1v) is 7.00. The highest BCUT2D eigenvalue weighted by Gasteiger charge is 2.30. The molecule has 0 bridgehead atoms. The third kappa shape index (κ3) is 3.20. The van der Waals surface area contributed by atoms with Crippen molar-refractivity contribution in [2.75, 3.05) is 0 Å². The average Bonchev–Trinajstić information content (AvgIpc) is 3.03. The number of nitrogens with zero attached hydrogens (tertiary/aromatic N) is 3. The minimum absolute atomic E-state index is 0.272. The Morgan fingerprint density at radius 2 is 1.77 bits per heavy atom. The summed E-state index contributed by atoms with van der Waals surface area (Å²) < 4.78 is 14.7. The smallest absolute Gasteiger partial charge is 0.137 e. The molecule has 0 saturated carbocycles. The van der Waals surface area contributed by atoms with Crippen LogP contribution in [0.2, 0.25) is 0 Å². The zero-order valence-corrected chi connectivity index (χ0v) is 11.9. The molecule has 1 heterocycles. The summed E-state index contributed by atoms with van der Waals surface area (Å²) in [5.74, 6) is -0.289. The number of benzene rings is 2. The fourth-order valence-electron chi connectivity index (χ4n) is 2.52. The highest BCUT2D eigenvalue weighted by molar-refractivity contribution is 5.27. The number of aromatic nitrogens is 3. The second-order valence-corrected chi connectivity index (χ2v) is 5.29. The molecule has 4 nitrogen and oxygen atoms in total. The van der Waals surface area contributed by atoms with Gasteiger partial charge in [-0.1, -0.05) is 42.5 Å². The van der Waals surface area contributed by atoms with Crippen molar-refractivity contribution in [3.8, 4) is 0 Å². The summed E-state index contributed by atoms with van der Waals surface area (Å²) in [6.45, 7) is 0.272. The van der Waals surface area contributed by atoms with Gasteiger partial charge in [0.15, 0.2) is 0 Å². The van der Waals surface area contributed by atoms with Gasteiger partial charge >= 0.3 is 0 Å². The zero-order chi connectivity index (χ0) is 15.4. The molecule has 0 fully saturated rings. The number of halogens is 1. The average molecular weight is 297 g/mol. The van der Waals surface area contributed by atoms with Crippen LogP contribution in [0.15, 0.2) is 67.3 Å². The molecular formula is C17H16FN3O. The van der Waals surface area contributed by atoms with E-state index >= 15 is 0 Å². The lowest BCUT2D eigenvalue weighted by Crippen LogP contribution is -2.34. The van der Waals surface area contributed by atoms with Crippen molar-refractivity contribution < 1.29 is 9.50 Å². The quantitative estimate of drug-likeness (QED) is 0.787. The molecule has 0 amide bonds. The van der Waals surface area contributed by atoms with Crippen LogP contribution in [0.25, 0.3) is 0 Å². The molecule has 1 unspecified atom stereocenters. The normalized spacial score (nSPS) is 13.7. The van der Waals surface area contributed by atoms with Gasteiger partial charge in [-0.15, -0.1) is 0 Å². The maximum Gasteiger partial charge on any atom is 0.137 e. The minimum atomic E-state index is -1.15. The molecule has 0 aliphatic carbocycles. The van der Waals surface area contributed by atoms with Gasteiger partial charge in [0.05, 0.1) is 6.54 Å². The third-order valence-electron chi connectivity index (χ3n) is 3.61. The maximum absolute atomic E-state index is 13.1. The lowest BCUT2D eigenvalue weighted by atomic mass is 9.87. The van der Waals surface area contributed by atoms with Crippen LogP contribution < -0.4 is 0 Å². The van der Waals surface area contributed by atoms with Crippen LogP contribution in [0.4, 0.5) is 4.39 Å². The second-order valence-electron chi connectivity index (χ2n) is 5.29. The topological polar surface area (TPSA) is 50.9 Å². The van der Waals surface area contributed by atoms with Crippen LogP contribution in [0.3, 0.4) is 0 Å². The molecule has 112 valence electrons. The van der Waals surface area contributed by atoms with E-state index in [0.717, 1.165) is 11.1 Å². The number of hydrogen-bond donors (Lipinski definition) is 1. The van der Waals surface area contributed by atoms with Crippen molar-refractivity contribution in [3.05, 3.63) is 84.2 Å². The van der Waals surface area contributed by atoms with E-state index in [0.29, 0.717) is 6.42 Å². The maximum atomic E-state index is 13.1. The summed E-state index contributed by atoms with van der Waals surface area (Å²) >= 11 is 0. The fourth-order valence-corrected chi connectivity index (χ4v) is 2.52. The van der Waals surface area contributed by atoms with E-state index in [1.807, 2.05) is 30.3 Å². The summed E-state index contributed by atoms with van der Waals surface area (Å²) in [7, 11) is 0. The molecule has 22 heavy (non-hydrogen) atoms. The molecule has 0 aliphatic heterocycles. The highest BCUT2D eigenvalue weighted by Crippen LogP contribution is 2.27. The molecule has 0 aliphatic rings. The first kappa shape index (κ1) is 14.4. The van der Waals surface area contributed by atoms with Crippen LogP contribution in [-0.2, 0) is 18.6 Å². The number of rotatable bonds is 5. The summed E-state index contributed by atoms with van der Waals surface area (Å²) in [6.07, 6.45) is 3.36. The van der Waals surface area contributed by atoms with Crippen molar-refractivity contribution >= 4 is 0 Å². The SMILES string of the molecule is OC(Cc1ccc(F)cc1)(Cn1cncn1)c1ccccc1. The van der Waals surface area contributed by atoms with Gasteiger partial charge in [0, 0.05) is 6.42 Å². The van der Waals surface area contributed by atoms with E-state index in [4.69, 9.17) is 0 Å². The third-order valence-corrected chi connectivity index (χ3v) is 3.61. The predicted octanol–water partition coefficient (Wildman–Crippen LogP) is 2.55. The molecule has 3 rings (SSSR count). The Labute approximate surface area is 127 Å². The van der Waals surface area contributed by atoms with Crippen molar-refractivity contribution in [1.29, 1.82) is 0 Å². The molecule has 0 saturated heterocycles. The zero-order valence-electron chi connectivity index (χ0n) is 11.9. The summed E-state index contributed by atoms with van der Waals surface area (Å²) in [5, 5.41) is 15.3. The van der Waals surface area contributed by atoms with E-state index in [1.165, 1.54) is 18.5 Å².